The van der Waals surface area contributed by atoms with Crippen LogP contribution in [-0.2, 0) is 11.3 Å². The van der Waals surface area contributed by atoms with E-state index in [-0.39, 0.29) is 5.91 Å². The van der Waals surface area contributed by atoms with E-state index in [9.17, 15) is 4.79 Å². The lowest BCUT2D eigenvalue weighted by Gasteiger charge is -2.15. The molecule has 114 valence electrons. The van der Waals surface area contributed by atoms with Crippen LogP contribution in [0.4, 0.5) is 0 Å². The molecule has 4 nitrogen and oxygen atoms in total. The molecule has 2 aromatic rings. The molecule has 0 aliphatic heterocycles. The molecule has 0 spiro atoms. The van der Waals surface area contributed by atoms with Gasteiger partial charge in [0.05, 0.1) is 6.04 Å². The summed E-state index contributed by atoms with van der Waals surface area (Å²) in [5, 5.41) is 4.17. The number of aryl methyl sites for hydroxylation is 1. The Morgan fingerprint density at radius 1 is 1.33 bits per heavy atom. The number of carbonyl (C=O) groups is 1. The fourth-order valence-corrected chi connectivity index (χ4v) is 2.68. The van der Waals surface area contributed by atoms with E-state index < -0.39 is 6.04 Å². The molecule has 2 rings (SSSR count). The van der Waals surface area contributed by atoms with E-state index in [0.29, 0.717) is 12.5 Å². The normalized spacial score (nSPS) is 12.8. The van der Waals surface area contributed by atoms with Gasteiger partial charge < -0.3 is 15.6 Å². The zero-order chi connectivity index (χ0) is 15.4. The monoisotopic (exact) mass is 287 g/mol. The van der Waals surface area contributed by atoms with Crippen LogP contribution < -0.4 is 11.1 Å². The summed E-state index contributed by atoms with van der Waals surface area (Å²) in [5.74, 6) is 0.374. The van der Waals surface area contributed by atoms with Gasteiger partial charge in [0, 0.05) is 24.3 Å². The molecule has 21 heavy (non-hydrogen) atoms. The smallest absolute Gasteiger partial charge is 0.236 e. The lowest BCUT2D eigenvalue weighted by molar-refractivity contribution is -0.122. The van der Waals surface area contributed by atoms with Gasteiger partial charge in [-0.05, 0) is 36.8 Å². The highest BCUT2D eigenvalue weighted by Crippen LogP contribution is 2.18. The Morgan fingerprint density at radius 2 is 2.05 bits per heavy atom. The van der Waals surface area contributed by atoms with Crippen molar-refractivity contribution in [2.75, 3.05) is 6.54 Å². The highest BCUT2D eigenvalue weighted by atomic mass is 16.2. The van der Waals surface area contributed by atoms with Crippen molar-refractivity contribution in [3.8, 4) is 0 Å². The maximum atomic E-state index is 11.9. The third kappa shape index (κ3) is 3.85. The number of hydrogen-bond donors (Lipinski definition) is 2. The van der Waals surface area contributed by atoms with Gasteiger partial charge in [-0.3, -0.25) is 4.79 Å². The highest BCUT2D eigenvalue weighted by molar-refractivity contribution is 5.82. The van der Waals surface area contributed by atoms with Gasteiger partial charge in [-0.15, -0.1) is 0 Å². The summed E-state index contributed by atoms with van der Waals surface area (Å²) in [6, 6.07) is 10.0. The van der Waals surface area contributed by atoms with E-state index in [4.69, 9.17) is 5.73 Å². The second kappa shape index (κ2) is 6.76. The lowest BCUT2D eigenvalue weighted by Crippen LogP contribution is -2.42. The first-order valence-corrected chi connectivity index (χ1v) is 7.57. The second-order valence-corrected chi connectivity index (χ2v) is 6.02. The zero-order valence-corrected chi connectivity index (χ0v) is 13.1. The van der Waals surface area contributed by atoms with Gasteiger partial charge >= 0.3 is 0 Å². The molecule has 0 bridgehead atoms. The summed E-state index contributed by atoms with van der Waals surface area (Å²) in [7, 11) is 0. The average molecular weight is 287 g/mol. The summed E-state index contributed by atoms with van der Waals surface area (Å²) < 4.78 is 2.23. The third-order valence-corrected chi connectivity index (χ3v) is 3.71. The van der Waals surface area contributed by atoms with Crippen LogP contribution in [0.15, 0.2) is 30.3 Å². The van der Waals surface area contributed by atoms with Gasteiger partial charge in [-0.25, -0.2) is 0 Å². The first-order chi connectivity index (χ1) is 9.99. The van der Waals surface area contributed by atoms with Gasteiger partial charge in [-0.1, -0.05) is 32.0 Å². The first kappa shape index (κ1) is 15.6. The van der Waals surface area contributed by atoms with Crippen molar-refractivity contribution in [3.63, 3.8) is 0 Å². The van der Waals surface area contributed by atoms with E-state index in [2.05, 4.69) is 48.9 Å². The van der Waals surface area contributed by atoms with Gasteiger partial charge in [0.15, 0.2) is 0 Å². The maximum Gasteiger partial charge on any atom is 0.236 e. The molecule has 0 fully saturated rings. The number of para-hydroxylation sites is 1. The highest BCUT2D eigenvalue weighted by Gasteiger charge is 2.14. The molecule has 0 unspecified atom stereocenters. The van der Waals surface area contributed by atoms with E-state index in [1.54, 1.807) is 0 Å². The largest absolute Gasteiger partial charge is 0.353 e. The average Bonchev–Trinajstić information content (AvgIpc) is 2.74. The standard InChI is InChI=1S/C17H25N3O/c1-12(2)10-15(18)17(21)19-8-9-20-13(3)11-14-6-4-5-7-16(14)20/h4-7,11-12,15H,8-10,18H2,1-3H3,(H,19,21)/t15-/m1/s1. The molecule has 4 heteroatoms. The summed E-state index contributed by atoms with van der Waals surface area (Å²) in [6.07, 6.45) is 0.720. The Balaban J connectivity index is 1.93. The van der Waals surface area contributed by atoms with Crippen molar-refractivity contribution in [1.29, 1.82) is 0 Å². The second-order valence-electron chi connectivity index (χ2n) is 6.02. The summed E-state index contributed by atoms with van der Waals surface area (Å²) in [5.41, 5.74) is 8.29. The molecule has 1 heterocycles. The van der Waals surface area contributed by atoms with E-state index >= 15 is 0 Å². The van der Waals surface area contributed by atoms with Gasteiger partial charge in [0.25, 0.3) is 0 Å². The van der Waals surface area contributed by atoms with Crippen molar-refractivity contribution < 1.29 is 4.79 Å². The number of aromatic nitrogens is 1. The molecule has 1 amide bonds. The number of nitrogens with one attached hydrogen (secondary N) is 1. The quantitative estimate of drug-likeness (QED) is 0.857. The van der Waals surface area contributed by atoms with Gasteiger partial charge in [-0.2, -0.15) is 0 Å². The van der Waals surface area contributed by atoms with Crippen LogP contribution in [-0.4, -0.2) is 23.1 Å². The summed E-state index contributed by atoms with van der Waals surface area (Å²) in [6.45, 7) is 7.60. The Kier molecular flexibility index (Phi) is 5.02. The molecule has 0 saturated heterocycles. The molecule has 1 aromatic heterocycles. The molecule has 0 aliphatic rings. The Morgan fingerprint density at radius 3 is 2.76 bits per heavy atom. The Bertz CT molecular complexity index is 616. The summed E-state index contributed by atoms with van der Waals surface area (Å²) >= 11 is 0. The van der Waals surface area contributed by atoms with Crippen molar-refractivity contribution in [3.05, 3.63) is 36.0 Å². The number of fused-ring (bicyclic) bond motifs is 1. The predicted octanol–water partition coefficient (Wildman–Crippen LogP) is 2.44. The minimum Gasteiger partial charge on any atom is -0.353 e. The third-order valence-electron chi connectivity index (χ3n) is 3.71. The van der Waals surface area contributed by atoms with Crippen LogP contribution in [0.5, 0.6) is 0 Å². The van der Waals surface area contributed by atoms with E-state index in [1.807, 2.05) is 12.1 Å². The van der Waals surface area contributed by atoms with E-state index in [0.717, 1.165) is 13.0 Å². The Hall–Kier alpha value is -1.81. The molecule has 3 N–H and O–H groups in total. The van der Waals surface area contributed by atoms with Crippen LogP contribution in [0.1, 0.15) is 26.0 Å². The number of nitrogens with zero attached hydrogens (tertiary/aromatic N) is 1. The predicted molar refractivity (Wildman–Crippen MR) is 87.1 cm³/mol. The number of carbonyl (C=O) groups excluding carboxylic acids is 1. The number of nitrogens with two attached hydrogens (primary N) is 1. The summed E-state index contributed by atoms with van der Waals surface area (Å²) in [4.78, 5) is 11.9. The van der Waals surface area contributed by atoms with Crippen LogP contribution >= 0.6 is 0 Å². The molecule has 1 atom stereocenters. The number of hydrogen-bond acceptors (Lipinski definition) is 2. The van der Waals surface area contributed by atoms with Crippen LogP contribution in [0, 0.1) is 12.8 Å². The van der Waals surface area contributed by atoms with Crippen molar-refractivity contribution in [2.45, 2.75) is 39.8 Å². The molecular weight excluding hydrogens is 262 g/mol. The molecule has 1 aromatic carbocycles. The fourth-order valence-electron chi connectivity index (χ4n) is 2.68. The topological polar surface area (TPSA) is 60.0 Å². The van der Waals surface area contributed by atoms with Crippen molar-refractivity contribution in [1.82, 2.24) is 9.88 Å². The molecule has 0 saturated carbocycles. The van der Waals surface area contributed by atoms with Crippen LogP contribution in [0.3, 0.4) is 0 Å². The van der Waals surface area contributed by atoms with Crippen molar-refractivity contribution in [2.24, 2.45) is 11.7 Å². The zero-order valence-electron chi connectivity index (χ0n) is 13.1. The molecule has 0 radical (unpaired) electrons. The molecular formula is C17H25N3O. The fraction of sp³-hybridized carbons (Fsp3) is 0.471. The van der Waals surface area contributed by atoms with Crippen LogP contribution in [0.25, 0.3) is 10.9 Å². The van der Waals surface area contributed by atoms with Gasteiger partial charge in [0.1, 0.15) is 0 Å². The minimum absolute atomic E-state index is 0.0576. The minimum atomic E-state index is -0.410. The van der Waals surface area contributed by atoms with Gasteiger partial charge in [0.2, 0.25) is 5.91 Å². The first-order valence-electron chi connectivity index (χ1n) is 7.57. The van der Waals surface area contributed by atoms with Crippen LogP contribution in [0.2, 0.25) is 0 Å². The number of benzene rings is 1. The van der Waals surface area contributed by atoms with Crippen molar-refractivity contribution >= 4 is 16.8 Å². The lowest BCUT2D eigenvalue weighted by atomic mass is 10.0. The number of rotatable bonds is 6. The van der Waals surface area contributed by atoms with E-state index in [1.165, 1.54) is 16.6 Å². The molecule has 0 aliphatic carbocycles. The SMILES string of the molecule is Cc1cc2ccccc2n1CCNC(=O)[C@H](N)CC(C)C. The Labute approximate surface area is 126 Å². The number of amides is 1. The maximum absolute atomic E-state index is 11.9.